The normalized spacial score (nSPS) is 11.2. The van der Waals surface area contributed by atoms with Crippen LogP contribution in [0.2, 0.25) is 0 Å². The summed E-state index contributed by atoms with van der Waals surface area (Å²) in [6.45, 7) is 1.07. The van der Waals surface area contributed by atoms with Crippen LogP contribution < -0.4 is 10.9 Å². The van der Waals surface area contributed by atoms with Crippen molar-refractivity contribution in [2.24, 2.45) is 0 Å². The second kappa shape index (κ2) is 9.17. The number of rotatable bonds is 8. The molecule has 0 aliphatic rings. The molecule has 3 aromatic heterocycles. The summed E-state index contributed by atoms with van der Waals surface area (Å²) in [6.07, 6.45) is 7.37. The Morgan fingerprint density at radius 2 is 1.90 bits per heavy atom. The van der Waals surface area contributed by atoms with Crippen LogP contribution in [0, 0.1) is 0 Å². The van der Waals surface area contributed by atoms with Crippen LogP contribution in [-0.4, -0.2) is 32.7 Å². The van der Waals surface area contributed by atoms with Gasteiger partial charge in [-0.05, 0) is 61.1 Å². The van der Waals surface area contributed by atoms with Crippen LogP contribution in [-0.2, 0) is 17.8 Å². The smallest absolute Gasteiger partial charge is 0.276 e. The van der Waals surface area contributed by atoms with Crippen molar-refractivity contribution in [3.8, 4) is 0 Å². The van der Waals surface area contributed by atoms with Crippen LogP contribution in [0.15, 0.2) is 70.6 Å². The molecule has 30 heavy (non-hydrogen) atoms. The summed E-state index contributed by atoms with van der Waals surface area (Å²) >= 11 is 1.72. The van der Waals surface area contributed by atoms with Crippen LogP contribution in [0.4, 0.5) is 0 Å². The van der Waals surface area contributed by atoms with E-state index in [2.05, 4.69) is 40.8 Å². The largest absolute Gasteiger partial charge is 0.356 e. The summed E-state index contributed by atoms with van der Waals surface area (Å²) in [4.78, 5) is 30.7. The van der Waals surface area contributed by atoms with E-state index in [0.717, 1.165) is 11.9 Å². The summed E-state index contributed by atoms with van der Waals surface area (Å²) in [6, 6.07) is 15.9. The van der Waals surface area contributed by atoms with E-state index in [1.54, 1.807) is 22.5 Å². The summed E-state index contributed by atoms with van der Waals surface area (Å²) in [5.74, 6) is 0.00446. The number of aromatic nitrogens is 3. The van der Waals surface area contributed by atoms with Crippen LogP contribution >= 0.6 is 11.8 Å². The Bertz CT molecular complexity index is 1230. The number of thioether (sulfide) groups is 1. The minimum absolute atomic E-state index is 0.00446. The Morgan fingerprint density at radius 1 is 1.10 bits per heavy atom. The zero-order valence-corrected chi connectivity index (χ0v) is 17.7. The number of fused-ring (bicyclic) bond motifs is 3. The lowest BCUT2D eigenvalue weighted by atomic mass is 10.1. The third-order valence-electron chi connectivity index (χ3n) is 5.17. The minimum Gasteiger partial charge on any atom is -0.356 e. The number of carbonyl (C=O) groups is 1. The van der Waals surface area contributed by atoms with Gasteiger partial charge in [0.15, 0.2) is 5.65 Å². The van der Waals surface area contributed by atoms with Gasteiger partial charge in [-0.2, -0.15) is 0 Å². The lowest BCUT2D eigenvalue weighted by Crippen LogP contribution is -2.27. The van der Waals surface area contributed by atoms with Crippen molar-refractivity contribution < 1.29 is 4.79 Å². The zero-order valence-electron chi connectivity index (χ0n) is 16.9. The molecule has 0 aliphatic carbocycles. The summed E-state index contributed by atoms with van der Waals surface area (Å²) in [5, 5.41) is 2.97. The molecule has 4 rings (SSSR count). The molecule has 0 atom stereocenters. The highest BCUT2D eigenvalue weighted by Gasteiger charge is 2.11. The molecule has 1 aromatic carbocycles. The third-order valence-corrected chi connectivity index (χ3v) is 5.92. The van der Waals surface area contributed by atoms with Crippen molar-refractivity contribution in [1.82, 2.24) is 19.3 Å². The predicted molar refractivity (Wildman–Crippen MR) is 121 cm³/mol. The molecule has 0 spiro atoms. The number of nitrogens with one attached hydrogen (secondary N) is 1. The van der Waals surface area contributed by atoms with Crippen LogP contribution in [0.3, 0.4) is 0 Å². The van der Waals surface area contributed by atoms with Gasteiger partial charge < -0.3 is 9.72 Å². The van der Waals surface area contributed by atoms with E-state index < -0.39 is 0 Å². The van der Waals surface area contributed by atoms with Gasteiger partial charge in [0, 0.05) is 36.8 Å². The van der Waals surface area contributed by atoms with Gasteiger partial charge in [-0.15, -0.1) is 11.8 Å². The average Bonchev–Trinajstić information content (AvgIpc) is 3.27. The van der Waals surface area contributed by atoms with Crippen LogP contribution in [0.1, 0.15) is 18.4 Å². The van der Waals surface area contributed by atoms with Gasteiger partial charge in [0.2, 0.25) is 5.91 Å². The second-order valence-corrected chi connectivity index (χ2v) is 8.00. The molecule has 0 aliphatic heterocycles. The van der Waals surface area contributed by atoms with E-state index in [0.29, 0.717) is 37.1 Å². The number of aryl methyl sites for hydroxylation is 1. The van der Waals surface area contributed by atoms with E-state index in [1.807, 2.05) is 34.9 Å². The Kier molecular flexibility index (Phi) is 6.18. The fraction of sp³-hybridized carbons (Fsp3) is 0.261. The molecular weight excluding hydrogens is 396 g/mol. The molecule has 0 saturated heterocycles. The topological polar surface area (TPSA) is 68.4 Å². The molecule has 0 saturated carbocycles. The third kappa shape index (κ3) is 4.26. The first kappa shape index (κ1) is 20.2. The Balaban J connectivity index is 1.34. The van der Waals surface area contributed by atoms with Gasteiger partial charge in [0.1, 0.15) is 5.52 Å². The highest BCUT2D eigenvalue weighted by atomic mass is 32.2. The second-order valence-electron chi connectivity index (χ2n) is 7.12. The zero-order chi connectivity index (χ0) is 20.9. The molecule has 1 N–H and O–H groups in total. The summed E-state index contributed by atoms with van der Waals surface area (Å²) in [7, 11) is 0. The van der Waals surface area contributed by atoms with Gasteiger partial charge in [0.05, 0.1) is 5.52 Å². The molecule has 1 amide bonds. The molecule has 3 heterocycles. The van der Waals surface area contributed by atoms with Gasteiger partial charge in [0.25, 0.3) is 5.56 Å². The Morgan fingerprint density at radius 3 is 2.70 bits per heavy atom. The van der Waals surface area contributed by atoms with Gasteiger partial charge >= 0.3 is 0 Å². The lowest BCUT2D eigenvalue weighted by Gasteiger charge is -2.11. The standard InChI is InChI=1S/C23H24N4O2S/c1-30-18-10-8-17(9-11-18)12-14-24-21(28)7-4-16-27-22-19(5-2-13-25-22)26-15-3-6-20(26)23(27)29/h2-3,5-6,8-11,13,15H,4,7,12,14,16H2,1H3,(H,24,28). The van der Waals surface area contributed by atoms with E-state index in [-0.39, 0.29) is 11.5 Å². The maximum absolute atomic E-state index is 12.9. The first-order valence-corrected chi connectivity index (χ1v) is 11.2. The van der Waals surface area contributed by atoms with Crippen molar-refractivity contribution in [1.29, 1.82) is 0 Å². The van der Waals surface area contributed by atoms with Crippen molar-refractivity contribution in [2.45, 2.75) is 30.7 Å². The highest BCUT2D eigenvalue weighted by molar-refractivity contribution is 7.98. The first-order chi connectivity index (χ1) is 14.7. The molecule has 6 nitrogen and oxygen atoms in total. The molecule has 0 unspecified atom stereocenters. The molecule has 0 bridgehead atoms. The van der Waals surface area contributed by atoms with Crippen molar-refractivity contribution in [3.05, 3.63) is 76.8 Å². The van der Waals surface area contributed by atoms with Gasteiger partial charge in [-0.1, -0.05) is 12.1 Å². The minimum atomic E-state index is -0.0831. The molecule has 0 fully saturated rings. The highest BCUT2D eigenvalue weighted by Crippen LogP contribution is 2.15. The number of nitrogens with zero attached hydrogens (tertiary/aromatic N) is 3. The first-order valence-electron chi connectivity index (χ1n) is 10.0. The van der Waals surface area contributed by atoms with Crippen LogP contribution in [0.25, 0.3) is 16.7 Å². The number of hydrogen-bond donors (Lipinski definition) is 1. The van der Waals surface area contributed by atoms with E-state index in [9.17, 15) is 9.59 Å². The average molecular weight is 421 g/mol. The monoisotopic (exact) mass is 420 g/mol. The number of hydrogen-bond acceptors (Lipinski definition) is 4. The molecule has 7 heteroatoms. The number of benzene rings is 1. The van der Waals surface area contributed by atoms with Crippen LogP contribution in [0.5, 0.6) is 0 Å². The molecule has 0 radical (unpaired) electrons. The van der Waals surface area contributed by atoms with Gasteiger partial charge in [-0.25, -0.2) is 4.98 Å². The van der Waals surface area contributed by atoms with Gasteiger partial charge in [-0.3, -0.25) is 14.2 Å². The lowest BCUT2D eigenvalue weighted by molar-refractivity contribution is -0.121. The molecule has 154 valence electrons. The predicted octanol–water partition coefficient (Wildman–Crippen LogP) is 3.51. The fourth-order valence-corrected chi connectivity index (χ4v) is 4.02. The number of pyridine rings is 1. The van der Waals surface area contributed by atoms with E-state index in [1.165, 1.54) is 10.5 Å². The van der Waals surface area contributed by atoms with Crippen molar-refractivity contribution >= 4 is 34.3 Å². The number of carbonyl (C=O) groups excluding carboxylic acids is 1. The molecular formula is C23H24N4O2S. The van der Waals surface area contributed by atoms with Crippen molar-refractivity contribution in [2.75, 3.05) is 12.8 Å². The SMILES string of the molecule is CSc1ccc(CCNC(=O)CCCn2c(=O)c3cccn3c3cccnc32)cc1. The maximum Gasteiger partial charge on any atom is 0.276 e. The quantitative estimate of drug-likeness (QED) is 0.443. The Hall–Kier alpha value is -3.06. The Labute approximate surface area is 178 Å². The van der Waals surface area contributed by atoms with E-state index >= 15 is 0 Å². The number of amides is 1. The van der Waals surface area contributed by atoms with Crippen molar-refractivity contribution in [3.63, 3.8) is 0 Å². The summed E-state index contributed by atoms with van der Waals surface area (Å²) in [5.41, 5.74) is 3.26. The maximum atomic E-state index is 12.9. The summed E-state index contributed by atoms with van der Waals surface area (Å²) < 4.78 is 3.53. The molecule has 4 aromatic rings. The van der Waals surface area contributed by atoms with E-state index in [4.69, 9.17) is 0 Å². The fourth-order valence-electron chi connectivity index (χ4n) is 3.62.